The normalized spacial score (nSPS) is 11.0. The lowest BCUT2D eigenvalue weighted by molar-refractivity contribution is 0.0601. The Bertz CT molecular complexity index is 1430. The van der Waals surface area contributed by atoms with Crippen LogP contribution in [0.1, 0.15) is 39.4 Å². The highest BCUT2D eigenvalue weighted by Crippen LogP contribution is 2.35. The molecule has 0 radical (unpaired) electrons. The largest absolute Gasteiger partial charge is 0.465 e. The van der Waals surface area contributed by atoms with Crippen molar-refractivity contribution in [1.29, 1.82) is 0 Å². The summed E-state index contributed by atoms with van der Waals surface area (Å²) in [5.74, 6) is -0.774. The second-order valence-electron chi connectivity index (χ2n) is 7.95. The molecule has 0 spiro atoms. The van der Waals surface area contributed by atoms with Gasteiger partial charge in [0.15, 0.2) is 5.11 Å². The molecule has 0 atom stereocenters. The number of sulfonamides is 1. The predicted molar refractivity (Wildman–Crippen MR) is 156 cm³/mol. The molecular formula is C25H27ClN4O5S3. The Morgan fingerprint density at radius 1 is 1.00 bits per heavy atom. The molecule has 38 heavy (non-hydrogen) atoms. The van der Waals surface area contributed by atoms with Gasteiger partial charge in [-0.3, -0.25) is 9.52 Å². The number of thiophene rings is 1. The molecule has 0 fully saturated rings. The van der Waals surface area contributed by atoms with Gasteiger partial charge in [-0.05, 0) is 87.1 Å². The Labute approximate surface area is 236 Å². The summed E-state index contributed by atoms with van der Waals surface area (Å²) in [6.07, 6.45) is 0. The molecule has 0 aliphatic heterocycles. The zero-order valence-corrected chi connectivity index (χ0v) is 24.3. The highest BCUT2D eigenvalue weighted by atomic mass is 35.5. The van der Waals surface area contributed by atoms with E-state index in [2.05, 4.69) is 15.4 Å². The summed E-state index contributed by atoms with van der Waals surface area (Å²) in [5.41, 5.74) is 1.63. The summed E-state index contributed by atoms with van der Waals surface area (Å²) in [6, 6.07) is 12.3. The van der Waals surface area contributed by atoms with Gasteiger partial charge in [0.05, 0.1) is 22.4 Å². The molecule has 1 amide bonds. The van der Waals surface area contributed by atoms with Crippen LogP contribution in [0.4, 0.5) is 16.4 Å². The van der Waals surface area contributed by atoms with Crippen LogP contribution in [0.5, 0.6) is 0 Å². The van der Waals surface area contributed by atoms with Crippen molar-refractivity contribution < 1.29 is 22.7 Å². The fourth-order valence-electron chi connectivity index (χ4n) is 3.52. The molecular weight excluding hydrogens is 568 g/mol. The molecule has 0 saturated heterocycles. The standard InChI is InChI=1S/C25H27ClN4O5S3/c1-5-30(6-2)23(31)21-15(3)20(24(32)35-4)22(37-21)28-25(36)27-17-11-13-19(14-12-17)38(33,34)29-18-9-7-16(26)8-10-18/h7-14,29H,5-6H2,1-4H3,(H2,27,28,36). The van der Waals surface area contributed by atoms with Gasteiger partial charge in [0.25, 0.3) is 15.9 Å². The quantitative estimate of drug-likeness (QED) is 0.217. The number of ether oxygens (including phenoxy) is 1. The lowest BCUT2D eigenvalue weighted by atomic mass is 10.1. The molecule has 0 bridgehead atoms. The molecule has 9 nitrogen and oxygen atoms in total. The Kier molecular flexibility index (Phi) is 9.71. The SMILES string of the molecule is CCN(CC)C(=O)c1sc(NC(=S)Nc2ccc(S(=O)(=O)Nc3ccc(Cl)cc3)cc2)c(C(=O)OC)c1C. The van der Waals surface area contributed by atoms with E-state index in [0.29, 0.717) is 44.9 Å². The van der Waals surface area contributed by atoms with Crippen LogP contribution in [0.2, 0.25) is 5.02 Å². The van der Waals surface area contributed by atoms with E-state index in [0.717, 1.165) is 11.3 Å². The van der Waals surface area contributed by atoms with Crippen LogP contribution in [-0.2, 0) is 14.8 Å². The second kappa shape index (κ2) is 12.6. The number of hydrogen-bond acceptors (Lipinski definition) is 7. The molecule has 0 aliphatic carbocycles. The Balaban J connectivity index is 1.76. The number of halogens is 1. The first-order chi connectivity index (χ1) is 18.0. The van der Waals surface area contributed by atoms with Gasteiger partial charge in [0, 0.05) is 29.5 Å². The first-order valence-corrected chi connectivity index (χ1v) is 14.6. The van der Waals surface area contributed by atoms with Crippen molar-refractivity contribution in [3.8, 4) is 0 Å². The average molecular weight is 595 g/mol. The summed E-state index contributed by atoms with van der Waals surface area (Å²) >= 11 is 12.4. The van der Waals surface area contributed by atoms with Gasteiger partial charge in [-0.2, -0.15) is 0 Å². The van der Waals surface area contributed by atoms with Crippen molar-refractivity contribution in [3.63, 3.8) is 0 Å². The Hall–Kier alpha value is -3.19. The van der Waals surface area contributed by atoms with Crippen LogP contribution in [0, 0.1) is 6.92 Å². The average Bonchev–Trinajstić information content (AvgIpc) is 3.21. The number of anilines is 3. The minimum Gasteiger partial charge on any atom is -0.465 e. The van der Waals surface area contributed by atoms with Gasteiger partial charge in [-0.15, -0.1) is 11.3 Å². The van der Waals surface area contributed by atoms with E-state index >= 15 is 0 Å². The molecule has 3 aromatic rings. The highest BCUT2D eigenvalue weighted by molar-refractivity contribution is 7.92. The van der Waals surface area contributed by atoms with E-state index in [1.165, 1.54) is 19.2 Å². The van der Waals surface area contributed by atoms with Crippen molar-refractivity contribution in [2.24, 2.45) is 0 Å². The van der Waals surface area contributed by atoms with E-state index in [9.17, 15) is 18.0 Å². The van der Waals surface area contributed by atoms with Gasteiger partial charge >= 0.3 is 5.97 Å². The summed E-state index contributed by atoms with van der Waals surface area (Å²) < 4.78 is 32.8. The molecule has 202 valence electrons. The molecule has 0 unspecified atom stereocenters. The van der Waals surface area contributed by atoms with Crippen molar-refractivity contribution in [1.82, 2.24) is 4.90 Å². The number of hydrogen-bond donors (Lipinski definition) is 3. The third-order valence-corrected chi connectivity index (χ3v) is 8.58. The maximum atomic E-state index is 13.0. The van der Waals surface area contributed by atoms with Crippen LogP contribution < -0.4 is 15.4 Å². The fraction of sp³-hybridized carbons (Fsp3) is 0.240. The lowest BCUT2D eigenvalue weighted by Gasteiger charge is -2.18. The minimum atomic E-state index is -3.81. The first-order valence-electron chi connectivity index (χ1n) is 11.5. The molecule has 0 aliphatic rings. The summed E-state index contributed by atoms with van der Waals surface area (Å²) in [7, 11) is -2.55. The number of methoxy groups -OCH3 is 1. The van der Waals surface area contributed by atoms with Crippen LogP contribution in [-0.4, -0.2) is 50.5 Å². The van der Waals surface area contributed by atoms with Crippen LogP contribution in [0.25, 0.3) is 0 Å². The number of rotatable bonds is 9. The van der Waals surface area contributed by atoms with Crippen LogP contribution in [0.3, 0.4) is 0 Å². The van der Waals surface area contributed by atoms with Crippen molar-refractivity contribution in [2.45, 2.75) is 25.7 Å². The van der Waals surface area contributed by atoms with E-state index in [1.54, 1.807) is 48.2 Å². The Morgan fingerprint density at radius 3 is 2.13 bits per heavy atom. The van der Waals surface area contributed by atoms with E-state index in [-0.39, 0.29) is 21.5 Å². The number of esters is 1. The molecule has 3 rings (SSSR count). The topological polar surface area (TPSA) is 117 Å². The van der Waals surface area contributed by atoms with Gasteiger partial charge in [0.1, 0.15) is 5.00 Å². The smallest absolute Gasteiger partial charge is 0.341 e. The van der Waals surface area contributed by atoms with E-state index in [4.69, 9.17) is 28.6 Å². The predicted octanol–water partition coefficient (Wildman–Crippen LogP) is 5.59. The van der Waals surface area contributed by atoms with Gasteiger partial charge < -0.3 is 20.3 Å². The number of nitrogens with one attached hydrogen (secondary N) is 3. The number of carbonyl (C=O) groups is 2. The van der Waals surface area contributed by atoms with E-state index in [1.807, 2.05) is 13.8 Å². The second-order valence-corrected chi connectivity index (χ2v) is 11.5. The van der Waals surface area contributed by atoms with Crippen molar-refractivity contribution >= 4 is 78.5 Å². The number of nitrogens with zero attached hydrogens (tertiary/aromatic N) is 1. The summed E-state index contributed by atoms with van der Waals surface area (Å²) in [5, 5.41) is 6.95. The zero-order chi connectivity index (χ0) is 28.0. The van der Waals surface area contributed by atoms with Gasteiger partial charge in [-0.25, -0.2) is 13.2 Å². The molecule has 1 heterocycles. The number of benzene rings is 2. The van der Waals surface area contributed by atoms with Crippen LogP contribution >= 0.6 is 35.2 Å². The van der Waals surface area contributed by atoms with Gasteiger partial charge in [0.2, 0.25) is 0 Å². The van der Waals surface area contributed by atoms with Gasteiger partial charge in [-0.1, -0.05) is 11.6 Å². The maximum Gasteiger partial charge on any atom is 0.341 e. The molecule has 1 aromatic heterocycles. The summed E-state index contributed by atoms with van der Waals surface area (Å²) in [4.78, 5) is 27.6. The Morgan fingerprint density at radius 2 is 1.58 bits per heavy atom. The first kappa shape index (κ1) is 29.4. The maximum absolute atomic E-state index is 13.0. The number of amides is 1. The lowest BCUT2D eigenvalue weighted by Crippen LogP contribution is -2.30. The monoisotopic (exact) mass is 594 g/mol. The third-order valence-electron chi connectivity index (χ3n) is 5.53. The molecule has 13 heteroatoms. The fourth-order valence-corrected chi connectivity index (χ4v) is 6.16. The summed E-state index contributed by atoms with van der Waals surface area (Å²) in [6.45, 7) is 6.52. The number of carbonyl (C=O) groups excluding carboxylic acids is 2. The number of thiocarbonyl (C=S) groups is 1. The minimum absolute atomic E-state index is 0.0540. The van der Waals surface area contributed by atoms with Crippen molar-refractivity contribution in [3.05, 3.63) is 69.6 Å². The zero-order valence-electron chi connectivity index (χ0n) is 21.1. The molecule has 3 N–H and O–H groups in total. The molecule has 2 aromatic carbocycles. The third kappa shape index (κ3) is 6.81. The van der Waals surface area contributed by atoms with E-state index < -0.39 is 16.0 Å². The molecule has 0 saturated carbocycles. The van der Waals surface area contributed by atoms with Crippen LogP contribution in [0.15, 0.2) is 53.4 Å². The highest BCUT2D eigenvalue weighted by Gasteiger charge is 2.27. The van der Waals surface area contributed by atoms with Crippen molar-refractivity contribution in [2.75, 3.05) is 35.6 Å².